The molecule has 0 bridgehead atoms. The van der Waals surface area contributed by atoms with E-state index < -0.39 is 5.63 Å². The van der Waals surface area contributed by atoms with Crippen LogP contribution >= 0.6 is 0 Å². The van der Waals surface area contributed by atoms with Crippen LogP contribution in [0.4, 0.5) is 0 Å². The van der Waals surface area contributed by atoms with E-state index in [0.29, 0.717) is 11.3 Å². The topological polar surface area (TPSA) is 50.4 Å². The van der Waals surface area contributed by atoms with Crippen LogP contribution in [0.1, 0.15) is 53.7 Å². The Kier molecular flexibility index (Phi) is 3.59. The van der Waals surface area contributed by atoms with Crippen molar-refractivity contribution in [3.05, 3.63) is 50.6 Å². The summed E-state index contributed by atoms with van der Waals surface area (Å²) in [6.07, 6.45) is 2.78. The number of aromatic hydroxyl groups is 1. The molecule has 0 spiro atoms. The molecular weight excluding hydrogens is 276 g/mol. The Morgan fingerprint density at radius 1 is 1.14 bits per heavy atom. The largest absolute Gasteiger partial charge is 0.507 e. The van der Waals surface area contributed by atoms with Crippen LogP contribution in [0.2, 0.25) is 0 Å². The highest BCUT2D eigenvalue weighted by atomic mass is 16.4. The maximum absolute atomic E-state index is 12.5. The Morgan fingerprint density at radius 3 is 2.41 bits per heavy atom. The van der Waals surface area contributed by atoms with Crippen LogP contribution in [0.3, 0.4) is 0 Å². The van der Waals surface area contributed by atoms with Gasteiger partial charge in [-0.05, 0) is 56.7 Å². The average Bonchev–Trinajstić information content (AvgIpc) is 2.42. The van der Waals surface area contributed by atoms with E-state index in [9.17, 15) is 9.90 Å². The molecule has 3 nitrogen and oxygen atoms in total. The summed E-state index contributed by atoms with van der Waals surface area (Å²) in [5, 5.41) is 10.7. The zero-order valence-corrected chi connectivity index (χ0v) is 13.6. The number of benzene rings is 1. The summed E-state index contributed by atoms with van der Waals surface area (Å²) >= 11 is 0. The number of rotatable bonds is 1. The maximum atomic E-state index is 12.5. The van der Waals surface area contributed by atoms with Crippen molar-refractivity contribution >= 4 is 0 Å². The predicted molar refractivity (Wildman–Crippen MR) is 87.6 cm³/mol. The Bertz CT molecular complexity index is 776. The second-order valence-electron chi connectivity index (χ2n) is 6.52. The summed E-state index contributed by atoms with van der Waals surface area (Å²) in [5.41, 5.74) is 4.63. The monoisotopic (exact) mass is 298 g/mol. The van der Waals surface area contributed by atoms with Gasteiger partial charge in [-0.2, -0.15) is 0 Å². The molecule has 1 aromatic heterocycles. The molecule has 1 atom stereocenters. The number of hydrogen-bond donors (Lipinski definition) is 1. The Morgan fingerprint density at radius 2 is 1.77 bits per heavy atom. The molecule has 2 aromatic rings. The van der Waals surface area contributed by atoms with Crippen molar-refractivity contribution in [1.82, 2.24) is 0 Å². The first kappa shape index (κ1) is 14.9. The van der Waals surface area contributed by atoms with Gasteiger partial charge in [-0.3, -0.25) is 0 Å². The Labute approximate surface area is 130 Å². The smallest absolute Gasteiger partial charge is 0.347 e. The lowest BCUT2D eigenvalue weighted by Crippen LogP contribution is -2.15. The molecule has 3 heteroatoms. The van der Waals surface area contributed by atoms with Gasteiger partial charge in [0.15, 0.2) is 0 Å². The van der Waals surface area contributed by atoms with Crippen LogP contribution in [-0.2, 0) is 6.42 Å². The zero-order chi connectivity index (χ0) is 16.0. The van der Waals surface area contributed by atoms with Gasteiger partial charge in [0, 0.05) is 11.5 Å². The molecule has 22 heavy (non-hydrogen) atoms. The second-order valence-corrected chi connectivity index (χ2v) is 6.52. The fraction of sp³-hybridized carbons (Fsp3) is 0.421. The van der Waals surface area contributed by atoms with E-state index in [-0.39, 0.29) is 11.7 Å². The SMILES string of the molecule is Cc1cc(C)c(-c2c(O)c3c(oc2=O)C(C)CCC3)c(C)c1. The number of aryl methyl sites for hydroxylation is 3. The Balaban J connectivity index is 2.32. The first-order valence-electron chi connectivity index (χ1n) is 7.87. The van der Waals surface area contributed by atoms with Crippen molar-refractivity contribution in [2.45, 2.75) is 52.9 Å². The van der Waals surface area contributed by atoms with E-state index >= 15 is 0 Å². The van der Waals surface area contributed by atoms with E-state index in [1.165, 1.54) is 0 Å². The van der Waals surface area contributed by atoms with E-state index in [2.05, 4.69) is 0 Å². The summed E-state index contributed by atoms with van der Waals surface area (Å²) < 4.78 is 5.60. The highest BCUT2D eigenvalue weighted by Gasteiger charge is 2.27. The third kappa shape index (κ3) is 2.25. The molecule has 1 aliphatic rings. The van der Waals surface area contributed by atoms with Crippen molar-refractivity contribution in [2.24, 2.45) is 0 Å². The molecule has 0 saturated heterocycles. The summed E-state index contributed by atoms with van der Waals surface area (Å²) in [6, 6.07) is 4.06. The fourth-order valence-electron chi connectivity index (χ4n) is 3.73. The van der Waals surface area contributed by atoms with Crippen molar-refractivity contribution in [3.63, 3.8) is 0 Å². The van der Waals surface area contributed by atoms with Crippen LogP contribution in [0.5, 0.6) is 5.75 Å². The molecule has 3 rings (SSSR count). The van der Waals surface area contributed by atoms with Gasteiger partial charge in [0.1, 0.15) is 17.1 Å². The molecule has 116 valence electrons. The average molecular weight is 298 g/mol. The van der Waals surface area contributed by atoms with Crippen LogP contribution in [0.25, 0.3) is 11.1 Å². The molecule has 1 unspecified atom stereocenters. The van der Waals surface area contributed by atoms with Crippen LogP contribution in [0.15, 0.2) is 21.3 Å². The second kappa shape index (κ2) is 5.31. The van der Waals surface area contributed by atoms with Crippen molar-refractivity contribution in [1.29, 1.82) is 0 Å². The van der Waals surface area contributed by atoms with Crippen LogP contribution < -0.4 is 5.63 Å². The quantitative estimate of drug-likeness (QED) is 0.850. The van der Waals surface area contributed by atoms with Gasteiger partial charge < -0.3 is 9.52 Å². The fourth-order valence-corrected chi connectivity index (χ4v) is 3.73. The van der Waals surface area contributed by atoms with Crippen molar-refractivity contribution in [2.75, 3.05) is 0 Å². The van der Waals surface area contributed by atoms with E-state index in [0.717, 1.165) is 47.1 Å². The summed E-state index contributed by atoms with van der Waals surface area (Å²) in [6.45, 7) is 8.01. The summed E-state index contributed by atoms with van der Waals surface area (Å²) in [4.78, 5) is 12.5. The van der Waals surface area contributed by atoms with E-state index in [1.54, 1.807) is 0 Å². The molecule has 1 aliphatic carbocycles. The van der Waals surface area contributed by atoms with Gasteiger partial charge in [-0.1, -0.05) is 24.6 Å². The number of hydrogen-bond acceptors (Lipinski definition) is 3. The van der Waals surface area contributed by atoms with Crippen LogP contribution in [-0.4, -0.2) is 5.11 Å². The molecule has 0 saturated carbocycles. The van der Waals surface area contributed by atoms with Gasteiger partial charge in [0.05, 0.1) is 0 Å². The molecule has 1 aromatic carbocycles. The normalized spacial score (nSPS) is 17.4. The number of fused-ring (bicyclic) bond motifs is 1. The lowest BCUT2D eigenvalue weighted by atomic mass is 9.86. The minimum Gasteiger partial charge on any atom is -0.507 e. The van der Waals surface area contributed by atoms with Gasteiger partial charge in [0.25, 0.3) is 0 Å². The molecular formula is C19H22O3. The zero-order valence-electron chi connectivity index (χ0n) is 13.6. The first-order chi connectivity index (χ1) is 10.4. The van der Waals surface area contributed by atoms with Gasteiger partial charge >= 0.3 is 5.63 Å². The van der Waals surface area contributed by atoms with Gasteiger partial charge in [-0.25, -0.2) is 4.79 Å². The third-order valence-electron chi connectivity index (χ3n) is 4.67. The first-order valence-corrected chi connectivity index (χ1v) is 7.87. The standard InChI is InChI=1S/C19H22O3/c1-10-8-12(3)15(13(4)9-10)16-17(20)14-7-5-6-11(2)18(14)22-19(16)21/h8-9,11,20H,5-7H2,1-4H3. The predicted octanol–water partition coefficient (Wildman–Crippen LogP) is 4.38. The highest BCUT2D eigenvalue weighted by Crippen LogP contribution is 2.41. The summed E-state index contributed by atoms with van der Waals surface area (Å²) in [5.74, 6) is 0.976. The van der Waals surface area contributed by atoms with Gasteiger partial charge in [0.2, 0.25) is 0 Å². The maximum Gasteiger partial charge on any atom is 0.347 e. The lowest BCUT2D eigenvalue weighted by Gasteiger charge is -2.23. The molecule has 0 radical (unpaired) electrons. The van der Waals surface area contributed by atoms with E-state index in [1.807, 2.05) is 39.8 Å². The molecule has 0 amide bonds. The van der Waals surface area contributed by atoms with Crippen molar-refractivity contribution in [3.8, 4) is 16.9 Å². The van der Waals surface area contributed by atoms with Crippen LogP contribution in [0, 0.1) is 20.8 Å². The molecule has 0 fully saturated rings. The minimum atomic E-state index is -0.431. The molecule has 0 aliphatic heterocycles. The van der Waals surface area contributed by atoms with Gasteiger partial charge in [-0.15, -0.1) is 0 Å². The molecule has 1 N–H and O–H groups in total. The molecule has 1 heterocycles. The third-order valence-corrected chi connectivity index (χ3v) is 4.67. The Hall–Kier alpha value is -2.03. The highest BCUT2D eigenvalue weighted by molar-refractivity contribution is 5.76. The lowest BCUT2D eigenvalue weighted by molar-refractivity contribution is 0.370. The summed E-state index contributed by atoms with van der Waals surface area (Å²) in [7, 11) is 0. The van der Waals surface area contributed by atoms with E-state index in [4.69, 9.17) is 4.42 Å². The minimum absolute atomic E-state index is 0.118. The van der Waals surface area contributed by atoms with Crippen molar-refractivity contribution < 1.29 is 9.52 Å².